The van der Waals surface area contributed by atoms with Gasteiger partial charge in [0.05, 0.1) is 12.1 Å². The van der Waals surface area contributed by atoms with Crippen LogP contribution >= 0.6 is 0 Å². The van der Waals surface area contributed by atoms with Crippen molar-refractivity contribution >= 4 is 5.91 Å². The normalized spacial score (nSPS) is 23.9. The number of aryl methyl sites for hydroxylation is 1. The van der Waals surface area contributed by atoms with Gasteiger partial charge in [-0.05, 0) is 12.1 Å². The highest BCUT2D eigenvalue weighted by Crippen LogP contribution is 2.10. The van der Waals surface area contributed by atoms with Gasteiger partial charge in [0.25, 0.3) is 5.91 Å². The van der Waals surface area contributed by atoms with Crippen LogP contribution in [0.4, 0.5) is 0 Å². The standard InChI is InChI=1S/C12H18N2O3/c1-3-8-4-5-10(17-8)12(15)14-9-6-13-7-11(9)16-2/h4-5,9,11,13H,3,6-7H2,1-2H3,(H,14,15)/t9?,11-/m0/s1. The molecule has 5 heteroatoms. The van der Waals surface area contributed by atoms with Crippen molar-refractivity contribution in [3.63, 3.8) is 0 Å². The molecule has 2 N–H and O–H groups in total. The number of methoxy groups -OCH3 is 1. The fourth-order valence-corrected chi connectivity index (χ4v) is 1.98. The van der Waals surface area contributed by atoms with Gasteiger partial charge >= 0.3 is 0 Å². The van der Waals surface area contributed by atoms with Gasteiger partial charge in [-0.3, -0.25) is 4.79 Å². The Morgan fingerprint density at radius 3 is 3.06 bits per heavy atom. The molecule has 94 valence electrons. The summed E-state index contributed by atoms with van der Waals surface area (Å²) in [7, 11) is 1.65. The largest absolute Gasteiger partial charge is 0.456 e. The van der Waals surface area contributed by atoms with Gasteiger partial charge in [-0.15, -0.1) is 0 Å². The Morgan fingerprint density at radius 2 is 2.41 bits per heavy atom. The van der Waals surface area contributed by atoms with Gasteiger partial charge in [0.15, 0.2) is 5.76 Å². The summed E-state index contributed by atoms with van der Waals surface area (Å²) in [5.41, 5.74) is 0. The maximum Gasteiger partial charge on any atom is 0.287 e. The van der Waals surface area contributed by atoms with Crippen molar-refractivity contribution in [3.05, 3.63) is 23.7 Å². The summed E-state index contributed by atoms with van der Waals surface area (Å²) in [5, 5.41) is 6.09. The van der Waals surface area contributed by atoms with Crippen LogP contribution in [0.25, 0.3) is 0 Å². The molecule has 0 saturated carbocycles. The molecule has 5 nitrogen and oxygen atoms in total. The molecule has 2 heterocycles. The van der Waals surface area contributed by atoms with E-state index in [0.29, 0.717) is 5.76 Å². The zero-order valence-electron chi connectivity index (χ0n) is 10.2. The minimum atomic E-state index is -0.180. The molecule has 1 aromatic heterocycles. The van der Waals surface area contributed by atoms with Crippen LogP contribution < -0.4 is 10.6 Å². The van der Waals surface area contributed by atoms with E-state index in [0.717, 1.165) is 25.3 Å². The molecule has 17 heavy (non-hydrogen) atoms. The maximum absolute atomic E-state index is 11.9. The quantitative estimate of drug-likeness (QED) is 0.804. The number of ether oxygens (including phenoxy) is 1. The summed E-state index contributed by atoms with van der Waals surface area (Å²) in [6.45, 7) is 3.48. The van der Waals surface area contributed by atoms with E-state index in [1.165, 1.54) is 0 Å². The Kier molecular flexibility index (Phi) is 3.81. The summed E-state index contributed by atoms with van der Waals surface area (Å²) in [4.78, 5) is 11.9. The average Bonchev–Trinajstić information content (AvgIpc) is 2.96. The first-order valence-electron chi connectivity index (χ1n) is 5.87. The number of hydrogen-bond acceptors (Lipinski definition) is 4. The number of amides is 1. The lowest BCUT2D eigenvalue weighted by Crippen LogP contribution is -2.43. The smallest absolute Gasteiger partial charge is 0.287 e. The van der Waals surface area contributed by atoms with Gasteiger partial charge in [-0.2, -0.15) is 0 Å². The average molecular weight is 238 g/mol. The third-order valence-electron chi connectivity index (χ3n) is 3.01. The lowest BCUT2D eigenvalue weighted by atomic mass is 10.2. The second-order valence-corrected chi connectivity index (χ2v) is 4.13. The molecule has 0 aromatic carbocycles. The van der Waals surface area contributed by atoms with Crippen LogP contribution in [0.3, 0.4) is 0 Å². The summed E-state index contributed by atoms with van der Waals surface area (Å²) in [6.07, 6.45) is 0.818. The number of nitrogens with one attached hydrogen (secondary N) is 2. The monoisotopic (exact) mass is 238 g/mol. The van der Waals surface area contributed by atoms with E-state index in [9.17, 15) is 4.79 Å². The highest BCUT2D eigenvalue weighted by Gasteiger charge is 2.29. The van der Waals surface area contributed by atoms with Gasteiger partial charge < -0.3 is 19.8 Å². The van der Waals surface area contributed by atoms with Crippen LogP contribution in [-0.4, -0.2) is 38.3 Å². The van der Waals surface area contributed by atoms with Gasteiger partial charge in [-0.1, -0.05) is 6.92 Å². The second kappa shape index (κ2) is 5.33. The molecule has 1 aromatic rings. The Morgan fingerprint density at radius 1 is 1.59 bits per heavy atom. The first-order valence-corrected chi connectivity index (χ1v) is 5.87. The van der Waals surface area contributed by atoms with Crippen molar-refractivity contribution in [1.29, 1.82) is 0 Å². The lowest BCUT2D eigenvalue weighted by Gasteiger charge is -2.17. The Hall–Kier alpha value is -1.33. The van der Waals surface area contributed by atoms with E-state index >= 15 is 0 Å². The molecule has 1 unspecified atom stereocenters. The predicted molar refractivity (Wildman–Crippen MR) is 63.0 cm³/mol. The minimum Gasteiger partial charge on any atom is -0.456 e. The molecule has 0 bridgehead atoms. The summed E-state index contributed by atoms with van der Waals surface area (Å²) >= 11 is 0. The number of rotatable bonds is 4. The van der Waals surface area contributed by atoms with Crippen LogP contribution in [0.15, 0.2) is 16.5 Å². The van der Waals surface area contributed by atoms with Crippen molar-refractivity contribution in [2.75, 3.05) is 20.2 Å². The first kappa shape index (κ1) is 12.1. The molecule has 0 aliphatic carbocycles. The van der Waals surface area contributed by atoms with Crippen LogP contribution in [-0.2, 0) is 11.2 Å². The van der Waals surface area contributed by atoms with Crippen LogP contribution in [0.1, 0.15) is 23.2 Å². The molecule has 1 saturated heterocycles. The third kappa shape index (κ3) is 2.68. The van der Waals surface area contributed by atoms with Crippen LogP contribution in [0.5, 0.6) is 0 Å². The fourth-order valence-electron chi connectivity index (χ4n) is 1.98. The first-order chi connectivity index (χ1) is 8.24. The predicted octanol–water partition coefficient (Wildman–Crippen LogP) is 0.559. The van der Waals surface area contributed by atoms with E-state index in [2.05, 4.69) is 10.6 Å². The minimum absolute atomic E-state index is 0.00248. The number of furan rings is 1. The second-order valence-electron chi connectivity index (χ2n) is 4.13. The van der Waals surface area contributed by atoms with Gasteiger partial charge in [0.1, 0.15) is 5.76 Å². The Bertz CT molecular complexity index is 389. The molecular formula is C12H18N2O3. The lowest BCUT2D eigenvalue weighted by molar-refractivity contribution is 0.0759. The van der Waals surface area contributed by atoms with Crippen LogP contribution in [0, 0.1) is 0 Å². The van der Waals surface area contributed by atoms with Gasteiger partial charge in [0, 0.05) is 26.6 Å². The van der Waals surface area contributed by atoms with Crippen molar-refractivity contribution in [1.82, 2.24) is 10.6 Å². The van der Waals surface area contributed by atoms with E-state index in [1.807, 2.05) is 13.0 Å². The fraction of sp³-hybridized carbons (Fsp3) is 0.583. The van der Waals surface area contributed by atoms with Crippen molar-refractivity contribution in [2.24, 2.45) is 0 Å². The number of hydrogen-bond donors (Lipinski definition) is 2. The van der Waals surface area contributed by atoms with E-state index in [-0.39, 0.29) is 18.1 Å². The van der Waals surface area contributed by atoms with Crippen molar-refractivity contribution < 1.29 is 13.9 Å². The number of carbonyl (C=O) groups is 1. The Labute approximate surface area is 101 Å². The maximum atomic E-state index is 11.9. The summed E-state index contributed by atoms with van der Waals surface area (Å²) in [5.74, 6) is 1.01. The Balaban J connectivity index is 1.96. The highest BCUT2D eigenvalue weighted by atomic mass is 16.5. The molecule has 1 amide bonds. The zero-order chi connectivity index (χ0) is 12.3. The van der Waals surface area contributed by atoms with E-state index < -0.39 is 0 Å². The molecular weight excluding hydrogens is 220 g/mol. The molecule has 1 aliphatic rings. The molecule has 0 spiro atoms. The SMILES string of the molecule is CCc1ccc(C(=O)NC2CNC[C@@H]2OC)o1. The topological polar surface area (TPSA) is 63.5 Å². The van der Waals surface area contributed by atoms with Crippen molar-refractivity contribution in [2.45, 2.75) is 25.5 Å². The van der Waals surface area contributed by atoms with E-state index in [4.69, 9.17) is 9.15 Å². The molecule has 2 rings (SSSR count). The van der Waals surface area contributed by atoms with E-state index in [1.54, 1.807) is 13.2 Å². The molecule has 0 radical (unpaired) electrons. The molecule has 2 atom stereocenters. The molecule has 1 aliphatic heterocycles. The van der Waals surface area contributed by atoms with Gasteiger partial charge in [-0.25, -0.2) is 0 Å². The molecule has 1 fully saturated rings. The number of carbonyl (C=O) groups excluding carboxylic acids is 1. The summed E-state index contributed by atoms with van der Waals surface area (Å²) in [6, 6.07) is 3.54. The zero-order valence-corrected chi connectivity index (χ0v) is 10.2. The van der Waals surface area contributed by atoms with Gasteiger partial charge in [0.2, 0.25) is 0 Å². The third-order valence-corrected chi connectivity index (χ3v) is 3.01. The van der Waals surface area contributed by atoms with Crippen LogP contribution in [0.2, 0.25) is 0 Å². The highest BCUT2D eigenvalue weighted by molar-refractivity contribution is 5.91. The summed E-state index contributed by atoms with van der Waals surface area (Å²) < 4.78 is 10.7. The van der Waals surface area contributed by atoms with Crippen molar-refractivity contribution in [3.8, 4) is 0 Å².